The molecule has 1 atom stereocenters. The molecular formula is C20H21NO. The molecule has 0 saturated carbocycles. The first kappa shape index (κ1) is 14.6. The summed E-state index contributed by atoms with van der Waals surface area (Å²) in [7, 11) is 1.89. The minimum absolute atomic E-state index is 0.0961. The van der Waals surface area contributed by atoms with Crippen LogP contribution in [0.1, 0.15) is 41.6 Å². The van der Waals surface area contributed by atoms with Gasteiger partial charge in [0.25, 0.3) is 0 Å². The molecule has 0 N–H and O–H groups in total. The molecule has 2 aromatic carbocycles. The summed E-state index contributed by atoms with van der Waals surface area (Å²) in [6.07, 6.45) is 1.88. The van der Waals surface area contributed by atoms with Gasteiger partial charge in [0.2, 0.25) is 5.91 Å². The Morgan fingerprint density at radius 1 is 1.09 bits per heavy atom. The molecule has 3 rings (SSSR count). The Balaban J connectivity index is 2.16. The first-order valence-corrected chi connectivity index (χ1v) is 7.69. The molecule has 0 fully saturated rings. The van der Waals surface area contributed by atoms with E-state index in [1.807, 2.05) is 24.1 Å². The van der Waals surface area contributed by atoms with Crippen molar-refractivity contribution in [2.45, 2.75) is 25.8 Å². The van der Waals surface area contributed by atoms with Crippen LogP contribution in [-0.2, 0) is 11.2 Å². The van der Waals surface area contributed by atoms with Gasteiger partial charge in [0.15, 0.2) is 0 Å². The normalized spacial score (nSPS) is 17.0. The first-order chi connectivity index (χ1) is 10.6. The highest BCUT2D eigenvalue weighted by Gasteiger charge is 2.25. The summed E-state index contributed by atoms with van der Waals surface area (Å²) in [6.45, 7) is 5.96. The minimum Gasteiger partial charge on any atom is -0.339 e. The molecule has 0 saturated heterocycles. The van der Waals surface area contributed by atoms with Crippen LogP contribution >= 0.6 is 0 Å². The van der Waals surface area contributed by atoms with Crippen LogP contribution < -0.4 is 0 Å². The van der Waals surface area contributed by atoms with Gasteiger partial charge in [0.1, 0.15) is 0 Å². The maximum atomic E-state index is 11.9. The van der Waals surface area contributed by atoms with E-state index >= 15 is 0 Å². The molecule has 2 nitrogen and oxygen atoms in total. The van der Waals surface area contributed by atoms with Crippen molar-refractivity contribution >= 4 is 11.5 Å². The van der Waals surface area contributed by atoms with E-state index in [2.05, 4.69) is 43.0 Å². The number of fused-ring (bicyclic) bond motifs is 2. The number of nitrogens with zero attached hydrogens (tertiary/aromatic N) is 1. The molecule has 1 aliphatic rings. The fourth-order valence-electron chi connectivity index (χ4n) is 3.31. The maximum absolute atomic E-state index is 11.9. The summed E-state index contributed by atoms with van der Waals surface area (Å²) in [4.78, 5) is 13.7. The lowest BCUT2D eigenvalue weighted by atomic mass is 9.83. The number of carbonyl (C=O) groups excluding carboxylic acids is 1. The van der Waals surface area contributed by atoms with Crippen LogP contribution in [0.5, 0.6) is 0 Å². The number of hydrogen-bond acceptors (Lipinski definition) is 1. The summed E-state index contributed by atoms with van der Waals surface area (Å²) in [6, 6.07) is 16.9. The Morgan fingerprint density at radius 2 is 1.73 bits per heavy atom. The summed E-state index contributed by atoms with van der Waals surface area (Å²) in [5.41, 5.74) is 5.92. The highest BCUT2D eigenvalue weighted by Crippen LogP contribution is 2.37. The highest BCUT2D eigenvalue weighted by atomic mass is 16.2. The average Bonchev–Trinajstić information content (AvgIpc) is 2.53. The fourth-order valence-corrected chi connectivity index (χ4v) is 3.31. The predicted octanol–water partition coefficient (Wildman–Crippen LogP) is 4.21. The minimum atomic E-state index is 0.0961. The zero-order valence-electron chi connectivity index (χ0n) is 13.2. The molecule has 1 amide bonds. The summed E-state index contributed by atoms with van der Waals surface area (Å²) < 4.78 is 0. The SMILES string of the molecule is C=C1c2ccccc2CCC(N(C)C(C)=O)c2ccccc21. The lowest BCUT2D eigenvalue weighted by Gasteiger charge is -2.32. The van der Waals surface area contributed by atoms with E-state index in [1.54, 1.807) is 6.92 Å². The van der Waals surface area contributed by atoms with Crippen LogP contribution in [0.4, 0.5) is 0 Å². The van der Waals surface area contributed by atoms with Crippen LogP contribution in [0.2, 0.25) is 0 Å². The van der Waals surface area contributed by atoms with E-state index in [4.69, 9.17) is 0 Å². The van der Waals surface area contributed by atoms with Crippen molar-refractivity contribution < 1.29 is 4.79 Å². The molecule has 22 heavy (non-hydrogen) atoms. The van der Waals surface area contributed by atoms with Gasteiger partial charge in [-0.05, 0) is 40.7 Å². The van der Waals surface area contributed by atoms with Crippen molar-refractivity contribution in [1.82, 2.24) is 4.90 Å². The molecule has 0 aliphatic heterocycles. The van der Waals surface area contributed by atoms with E-state index < -0.39 is 0 Å². The van der Waals surface area contributed by atoms with E-state index in [9.17, 15) is 4.79 Å². The van der Waals surface area contributed by atoms with E-state index in [0.717, 1.165) is 24.0 Å². The Morgan fingerprint density at radius 3 is 2.45 bits per heavy atom. The van der Waals surface area contributed by atoms with Crippen LogP contribution in [0.15, 0.2) is 55.1 Å². The second kappa shape index (κ2) is 5.80. The third-order valence-corrected chi connectivity index (χ3v) is 4.64. The van der Waals surface area contributed by atoms with Gasteiger partial charge in [-0.3, -0.25) is 4.79 Å². The van der Waals surface area contributed by atoms with E-state index in [1.165, 1.54) is 16.7 Å². The van der Waals surface area contributed by atoms with Gasteiger partial charge in [-0.1, -0.05) is 55.1 Å². The first-order valence-electron chi connectivity index (χ1n) is 7.69. The van der Waals surface area contributed by atoms with Crippen LogP contribution in [0.3, 0.4) is 0 Å². The number of carbonyl (C=O) groups is 1. The average molecular weight is 291 g/mol. The molecule has 0 bridgehead atoms. The predicted molar refractivity (Wildman–Crippen MR) is 90.5 cm³/mol. The zero-order valence-corrected chi connectivity index (χ0v) is 13.2. The molecule has 2 heteroatoms. The third-order valence-electron chi connectivity index (χ3n) is 4.64. The smallest absolute Gasteiger partial charge is 0.219 e. The number of benzene rings is 2. The number of aryl methyl sites for hydroxylation is 1. The lowest BCUT2D eigenvalue weighted by molar-refractivity contribution is -0.129. The number of rotatable bonds is 1. The van der Waals surface area contributed by atoms with Gasteiger partial charge in [0, 0.05) is 14.0 Å². The molecule has 1 unspecified atom stereocenters. The molecule has 0 radical (unpaired) electrons. The van der Waals surface area contributed by atoms with Gasteiger partial charge in [-0.25, -0.2) is 0 Å². The molecule has 2 aromatic rings. The van der Waals surface area contributed by atoms with Gasteiger partial charge in [-0.15, -0.1) is 0 Å². The van der Waals surface area contributed by atoms with Crippen molar-refractivity contribution in [3.8, 4) is 0 Å². The largest absolute Gasteiger partial charge is 0.339 e. The monoisotopic (exact) mass is 291 g/mol. The van der Waals surface area contributed by atoms with Crippen molar-refractivity contribution in [2.75, 3.05) is 7.05 Å². The van der Waals surface area contributed by atoms with Gasteiger partial charge in [-0.2, -0.15) is 0 Å². The van der Waals surface area contributed by atoms with Gasteiger partial charge in [0.05, 0.1) is 6.04 Å². The quantitative estimate of drug-likeness (QED) is 0.770. The van der Waals surface area contributed by atoms with Gasteiger partial charge < -0.3 is 4.90 Å². The molecule has 0 aromatic heterocycles. The third kappa shape index (κ3) is 2.45. The topological polar surface area (TPSA) is 20.3 Å². The molecule has 112 valence electrons. The van der Waals surface area contributed by atoms with Gasteiger partial charge >= 0.3 is 0 Å². The molecular weight excluding hydrogens is 270 g/mol. The van der Waals surface area contributed by atoms with Crippen LogP contribution in [-0.4, -0.2) is 17.9 Å². The highest BCUT2D eigenvalue weighted by molar-refractivity contribution is 5.82. The lowest BCUT2D eigenvalue weighted by Crippen LogP contribution is -2.30. The summed E-state index contributed by atoms with van der Waals surface area (Å²) >= 11 is 0. The summed E-state index contributed by atoms with van der Waals surface area (Å²) in [5.74, 6) is 0.0965. The Labute approximate surface area is 132 Å². The van der Waals surface area contributed by atoms with Crippen molar-refractivity contribution in [1.29, 1.82) is 0 Å². The standard InChI is InChI=1S/C20H21NO/c1-14-17-9-5-4-8-16(17)12-13-20(21(3)15(2)22)19-11-7-6-10-18(14)19/h4-11,20H,1,12-13H2,2-3H3. The molecule has 0 spiro atoms. The van der Waals surface area contributed by atoms with E-state index in [0.29, 0.717) is 0 Å². The number of amides is 1. The second-order valence-corrected chi connectivity index (χ2v) is 5.91. The molecule has 0 heterocycles. The van der Waals surface area contributed by atoms with Crippen LogP contribution in [0.25, 0.3) is 5.57 Å². The Kier molecular flexibility index (Phi) is 3.84. The summed E-state index contributed by atoms with van der Waals surface area (Å²) in [5, 5.41) is 0. The second-order valence-electron chi connectivity index (χ2n) is 5.91. The Hall–Kier alpha value is -2.35. The van der Waals surface area contributed by atoms with E-state index in [-0.39, 0.29) is 11.9 Å². The zero-order chi connectivity index (χ0) is 15.7. The van der Waals surface area contributed by atoms with Crippen molar-refractivity contribution in [3.63, 3.8) is 0 Å². The Bertz CT molecular complexity index is 732. The van der Waals surface area contributed by atoms with Crippen LogP contribution in [0, 0.1) is 0 Å². The number of hydrogen-bond donors (Lipinski definition) is 0. The molecule has 1 aliphatic carbocycles. The van der Waals surface area contributed by atoms with Crippen molar-refractivity contribution in [2.24, 2.45) is 0 Å². The maximum Gasteiger partial charge on any atom is 0.219 e. The van der Waals surface area contributed by atoms with Crippen molar-refractivity contribution in [3.05, 3.63) is 77.4 Å². The fraction of sp³-hybridized carbons (Fsp3) is 0.250.